The van der Waals surface area contributed by atoms with E-state index in [4.69, 9.17) is 17.3 Å². The third-order valence-electron chi connectivity index (χ3n) is 4.76. The molecule has 2 N–H and O–H groups in total. The Morgan fingerprint density at radius 1 is 1.23 bits per heavy atom. The lowest BCUT2D eigenvalue weighted by Crippen LogP contribution is -2.36. The van der Waals surface area contributed by atoms with Crippen LogP contribution >= 0.6 is 11.6 Å². The normalized spacial score (nSPS) is 16.0. The van der Waals surface area contributed by atoms with E-state index in [0.29, 0.717) is 46.7 Å². The van der Waals surface area contributed by atoms with E-state index >= 15 is 0 Å². The Bertz CT molecular complexity index is 1080. The zero-order chi connectivity index (χ0) is 21.9. The maximum Gasteiger partial charge on any atom is 0.250 e. The molecular formula is C20H20ClF2N5O2. The highest BCUT2D eigenvalue weighted by atomic mass is 35.5. The van der Waals surface area contributed by atoms with Crippen molar-refractivity contribution in [3.63, 3.8) is 0 Å². The fourth-order valence-corrected chi connectivity index (χ4v) is 3.22. The molecule has 4 rings (SSSR count). The Balaban J connectivity index is 0.000000239. The second-order valence-electron chi connectivity index (χ2n) is 7.06. The van der Waals surface area contributed by atoms with E-state index in [0.717, 1.165) is 0 Å². The first-order valence-corrected chi connectivity index (χ1v) is 9.51. The van der Waals surface area contributed by atoms with Crippen molar-refractivity contribution in [2.45, 2.75) is 18.8 Å². The summed E-state index contributed by atoms with van der Waals surface area (Å²) in [5, 5.41) is 1.09. The second-order valence-corrected chi connectivity index (χ2v) is 7.47. The number of amides is 1. The predicted molar refractivity (Wildman–Crippen MR) is 109 cm³/mol. The highest BCUT2D eigenvalue weighted by Crippen LogP contribution is 2.28. The minimum atomic E-state index is -2.38. The number of aldehydes is 1. The van der Waals surface area contributed by atoms with Crippen LogP contribution in [0.3, 0.4) is 0 Å². The number of primary amides is 1. The van der Waals surface area contributed by atoms with Gasteiger partial charge in [-0.1, -0.05) is 11.6 Å². The van der Waals surface area contributed by atoms with Crippen LogP contribution in [0.2, 0.25) is 5.02 Å². The lowest BCUT2D eigenvalue weighted by Gasteiger charge is -2.28. The van der Waals surface area contributed by atoms with Crippen LogP contribution in [0, 0.1) is 0 Å². The molecule has 0 aliphatic carbocycles. The molecule has 7 nitrogen and oxygen atoms in total. The van der Waals surface area contributed by atoms with Gasteiger partial charge in [-0.25, -0.2) is 13.8 Å². The second kappa shape index (κ2) is 8.85. The number of halogens is 3. The summed E-state index contributed by atoms with van der Waals surface area (Å²) in [7, 11) is 1.87. The molecule has 1 saturated heterocycles. The summed E-state index contributed by atoms with van der Waals surface area (Å²) in [6.45, 7) is 1.07. The molecule has 0 unspecified atom stereocenters. The average molecular weight is 436 g/mol. The van der Waals surface area contributed by atoms with Gasteiger partial charge in [0.05, 0.1) is 22.5 Å². The molecule has 0 saturated carbocycles. The van der Waals surface area contributed by atoms with Gasteiger partial charge in [-0.3, -0.25) is 19.1 Å². The Hall–Kier alpha value is -2.91. The summed E-state index contributed by atoms with van der Waals surface area (Å²) in [4.78, 5) is 32.2. The highest BCUT2D eigenvalue weighted by Gasteiger charge is 2.32. The largest absolute Gasteiger partial charge is 0.366 e. The maximum absolute atomic E-state index is 12.4. The standard InChI is InChI=1S/C14H9ClN4O2.C6H11F2N/c15-12-6-19(10-2-9(13(16)21)4-17-5-10)14-11(12)1-8(7-20)3-18-14;1-9-4-2-6(7,8)3-5-9/h1-7H,(H2,16,21);2-5H2,1H3. The van der Waals surface area contributed by atoms with Crippen LogP contribution in [0.4, 0.5) is 8.78 Å². The smallest absolute Gasteiger partial charge is 0.250 e. The molecule has 158 valence electrons. The number of rotatable bonds is 3. The summed E-state index contributed by atoms with van der Waals surface area (Å²) in [6.07, 6.45) is 6.82. The fraction of sp³-hybridized carbons (Fsp3) is 0.300. The van der Waals surface area contributed by atoms with E-state index in [9.17, 15) is 18.4 Å². The summed E-state index contributed by atoms with van der Waals surface area (Å²) < 4.78 is 26.4. The van der Waals surface area contributed by atoms with Crippen molar-refractivity contribution in [2.75, 3.05) is 20.1 Å². The summed E-state index contributed by atoms with van der Waals surface area (Å²) in [6, 6.07) is 3.25. The van der Waals surface area contributed by atoms with E-state index < -0.39 is 11.8 Å². The number of piperidine rings is 1. The molecule has 10 heteroatoms. The number of carbonyl (C=O) groups excluding carboxylic acids is 2. The Morgan fingerprint density at radius 2 is 1.93 bits per heavy atom. The van der Waals surface area contributed by atoms with Gasteiger partial charge in [-0.05, 0) is 19.2 Å². The van der Waals surface area contributed by atoms with Crippen molar-refractivity contribution in [1.29, 1.82) is 0 Å². The van der Waals surface area contributed by atoms with Gasteiger partial charge in [0, 0.05) is 55.5 Å². The number of hydrogen-bond donors (Lipinski definition) is 1. The number of nitrogens with zero attached hydrogens (tertiary/aromatic N) is 4. The number of alkyl halides is 2. The molecule has 0 spiro atoms. The molecule has 30 heavy (non-hydrogen) atoms. The van der Waals surface area contributed by atoms with E-state index in [2.05, 4.69) is 9.97 Å². The lowest BCUT2D eigenvalue weighted by atomic mass is 10.1. The number of likely N-dealkylation sites (tertiary alicyclic amines) is 1. The molecule has 3 aromatic heterocycles. The summed E-state index contributed by atoms with van der Waals surface area (Å²) in [5.41, 5.74) is 7.14. The highest BCUT2D eigenvalue weighted by molar-refractivity contribution is 6.35. The molecule has 0 radical (unpaired) electrons. The Morgan fingerprint density at radius 3 is 2.53 bits per heavy atom. The zero-order valence-corrected chi connectivity index (χ0v) is 16.9. The molecular weight excluding hydrogens is 416 g/mol. The number of nitrogens with two attached hydrogens (primary N) is 1. The van der Waals surface area contributed by atoms with Crippen LogP contribution in [0.5, 0.6) is 0 Å². The van der Waals surface area contributed by atoms with Gasteiger partial charge < -0.3 is 10.6 Å². The first kappa shape index (κ1) is 21.8. The molecule has 1 amide bonds. The molecule has 0 atom stereocenters. The van der Waals surface area contributed by atoms with Crippen LogP contribution in [-0.4, -0.2) is 57.7 Å². The van der Waals surface area contributed by atoms with Crippen molar-refractivity contribution in [3.05, 3.63) is 53.1 Å². The molecule has 4 heterocycles. The van der Waals surface area contributed by atoms with Crippen LogP contribution in [0.15, 0.2) is 36.9 Å². The minimum Gasteiger partial charge on any atom is -0.366 e. The average Bonchev–Trinajstić information content (AvgIpc) is 3.07. The SMILES string of the molecule is CN1CCC(F)(F)CC1.NC(=O)c1cncc(-n2cc(Cl)c3cc(C=O)cnc32)c1. The Labute approximate surface area is 176 Å². The first-order valence-electron chi connectivity index (χ1n) is 9.13. The summed E-state index contributed by atoms with van der Waals surface area (Å²) in [5.74, 6) is -2.95. The molecule has 1 aliphatic heterocycles. The van der Waals surface area contributed by atoms with Crippen LogP contribution in [-0.2, 0) is 0 Å². The maximum atomic E-state index is 12.4. The summed E-state index contributed by atoms with van der Waals surface area (Å²) >= 11 is 6.17. The van der Waals surface area contributed by atoms with Crippen LogP contribution in [0.25, 0.3) is 16.7 Å². The van der Waals surface area contributed by atoms with Gasteiger partial charge in [-0.15, -0.1) is 0 Å². The molecule has 1 fully saturated rings. The van der Waals surface area contributed by atoms with Crippen molar-refractivity contribution in [2.24, 2.45) is 5.73 Å². The van der Waals surface area contributed by atoms with Gasteiger partial charge in [0.1, 0.15) is 5.65 Å². The van der Waals surface area contributed by atoms with Crippen molar-refractivity contribution < 1.29 is 18.4 Å². The lowest BCUT2D eigenvalue weighted by molar-refractivity contribution is -0.0504. The number of carbonyl (C=O) groups is 2. The van der Waals surface area contributed by atoms with Crippen molar-refractivity contribution >= 4 is 34.8 Å². The number of hydrogen-bond acceptors (Lipinski definition) is 5. The quantitative estimate of drug-likeness (QED) is 0.637. The fourth-order valence-electron chi connectivity index (χ4n) is 2.99. The number of fused-ring (bicyclic) bond motifs is 1. The van der Waals surface area contributed by atoms with E-state index in [1.54, 1.807) is 29.1 Å². The topological polar surface area (TPSA) is 94.1 Å². The van der Waals surface area contributed by atoms with E-state index in [1.807, 2.05) is 11.9 Å². The van der Waals surface area contributed by atoms with E-state index in [-0.39, 0.29) is 18.4 Å². The molecule has 3 aromatic rings. The predicted octanol–water partition coefficient (Wildman–Crippen LogP) is 3.33. The van der Waals surface area contributed by atoms with Gasteiger partial charge in [0.2, 0.25) is 5.91 Å². The zero-order valence-electron chi connectivity index (χ0n) is 16.2. The molecule has 1 aliphatic rings. The third kappa shape index (κ3) is 4.98. The van der Waals surface area contributed by atoms with Gasteiger partial charge in [0.25, 0.3) is 5.92 Å². The van der Waals surface area contributed by atoms with Crippen molar-refractivity contribution in [3.8, 4) is 5.69 Å². The van der Waals surface area contributed by atoms with Crippen molar-refractivity contribution in [1.82, 2.24) is 19.4 Å². The number of aromatic nitrogens is 3. The monoisotopic (exact) mass is 435 g/mol. The van der Waals surface area contributed by atoms with Crippen LogP contribution < -0.4 is 5.73 Å². The minimum absolute atomic E-state index is 0.0312. The van der Waals surface area contributed by atoms with Gasteiger partial charge in [-0.2, -0.15) is 0 Å². The first-order chi connectivity index (χ1) is 14.2. The molecule has 0 bridgehead atoms. The van der Waals surface area contributed by atoms with Crippen LogP contribution in [0.1, 0.15) is 33.6 Å². The molecule has 0 aromatic carbocycles. The third-order valence-corrected chi connectivity index (χ3v) is 5.06. The van der Waals surface area contributed by atoms with E-state index in [1.165, 1.54) is 12.4 Å². The van der Waals surface area contributed by atoms with Gasteiger partial charge >= 0.3 is 0 Å². The van der Waals surface area contributed by atoms with Gasteiger partial charge in [0.15, 0.2) is 6.29 Å². The Kier molecular flexibility index (Phi) is 6.42. The number of pyridine rings is 2.